The molecule has 28 heavy (non-hydrogen) atoms. The van der Waals surface area contributed by atoms with Crippen LogP contribution < -0.4 is 10.9 Å². The Balaban J connectivity index is 1.59. The number of anilines is 1. The Hall–Kier alpha value is -3.62. The molecule has 140 valence electrons. The first kappa shape index (κ1) is 16.5. The molecule has 4 aromatic heterocycles. The fourth-order valence-electron chi connectivity index (χ4n) is 3.24. The lowest BCUT2D eigenvalue weighted by molar-refractivity contribution is -0.116. The van der Waals surface area contributed by atoms with Gasteiger partial charge in [0.05, 0.1) is 17.3 Å². The molecule has 4 aromatic rings. The average Bonchev–Trinajstić information content (AvgIpc) is 3.45. The first-order valence-corrected chi connectivity index (χ1v) is 8.89. The molecule has 1 N–H and O–H groups in total. The van der Waals surface area contributed by atoms with Gasteiger partial charge < -0.3 is 9.88 Å². The van der Waals surface area contributed by atoms with Gasteiger partial charge >= 0.3 is 0 Å². The maximum absolute atomic E-state index is 13.0. The maximum atomic E-state index is 13.0. The van der Waals surface area contributed by atoms with Gasteiger partial charge in [0, 0.05) is 18.2 Å². The first-order chi connectivity index (χ1) is 13.6. The van der Waals surface area contributed by atoms with Crippen LogP contribution in [-0.2, 0) is 11.3 Å². The second-order valence-corrected chi connectivity index (χ2v) is 6.79. The molecule has 0 radical (unpaired) electrons. The highest BCUT2D eigenvalue weighted by molar-refractivity contribution is 5.91. The zero-order valence-corrected chi connectivity index (χ0v) is 14.7. The monoisotopic (exact) mass is 378 g/mol. The summed E-state index contributed by atoms with van der Waals surface area (Å²) in [6, 6.07) is 7.79. The van der Waals surface area contributed by atoms with E-state index in [1.54, 1.807) is 22.9 Å². The number of carbonyl (C=O) groups is 1. The smallest absolute Gasteiger partial charge is 0.283 e. The zero-order chi connectivity index (χ0) is 19.3. The Morgan fingerprint density at radius 1 is 1.25 bits per heavy atom. The molecule has 9 heteroatoms. The molecular formula is C19H15FN6O2. The number of halogens is 1. The van der Waals surface area contributed by atoms with Crippen LogP contribution in [0, 0.1) is 5.82 Å². The number of nitrogens with one attached hydrogen (secondary N) is 1. The van der Waals surface area contributed by atoms with Gasteiger partial charge in [0.25, 0.3) is 5.56 Å². The lowest BCUT2D eigenvalue weighted by Gasteiger charge is -2.12. The van der Waals surface area contributed by atoms with Gasteiger partial charge in [0.15, 0.2) is 0 Å². The van der Waals surface area contributed by atoms with Crippen molar-refractivity contribution >= 4 is 28.4 Å². The third-order valence-corrected chi connectivity index (χ3v) is 4.74. The highest BCUT2D eigenvalue weighted by Crippen LogP contribution is 2.39. The fourth-order valence-corrected chi connectivity index (χ4v) is 3.24. The van der Waals surface area contributed by atoms with Gasteiger partial charge in [-0.1, -0.05) is 0 Å². The number of hydrogen-bond acceptors (Lipinski definition) is 5. The summed E-state index contributed by atoms with van der Waals surface area (Å²) >= 11 is 0. The number of rotatable bonds is 4. The molecule has 1 fully saturated rings. The molecule has 0 bridgehead atoms. The topological polar surface area (TPSA) is 94.2 Å². The standard InChI is InChI=1S/C19H15FN6O2/c20-12-5-6-15(22-9-12)23-16(27)10-25-17-8-14(11-3-4-11)24-26(17)19(28)13-2-1-7-21-18(13)25/h1-2,5-9,11H,3-4,10H2,(H,22,23,27). The summed E-state index contributed by atoms with van der Waals surface area (Å²) in [5.41, 5.74) is 1.51. The van der Waals surface area contributed by atoms with E-state index < -0.39 is 5.82 Å². The predicted molar refractivity (Wildman–Crippen MR) is 99.6 cm³/mol. The van der Waals surface area contributed by atoms with Gasteiger partial charge in [0.2, 0.25) is 5.91 Å². The van der Waals surface area contributed by atoms with Crippen molar-refractivity contribution in [1.29, 1.82) is 0 Å². The molecular weight excluding hydrogens is 363 g/mol. The third kappa shape index (κ3) is 2.81. The van der Waals surface area contributed by atoms with E-state index in [0.717, 1.165) is 24.7 Å². The van der Waals surface area contributed by atoms with Crippen molar-refractivity contribution in [2.45, 2.75) is 25.3 Å². The van der Waals surface area contributed by atoms with Crippen LogP contribution in [0.15, 0.2) is 47.5 Å². The minimum absolute atomic E-state index is 0.0911. The van der Waals surface area contributed by atoms with Crippen molar-refractivity contribution in [3.05, 3.63) is 64.6 Å². The lowest BCUT2D eigenvalue weighted by atomic mass is 10.3. The van der Waals surface area contributed by atoms with Crippen molar-refractivity contribution in [2.75, 3.05) is 5.32 Å². The Labute approximate surface area is 157 Å². The number of carbonyl (C=O) groups excluding carboxylic acids is 1. The largest absolute Gasteiger partial charge is 0.309 e. The molecule has 1 aliphatic rings. The summed E-state index contributed by atoms with van der Waals surface area (Å²) in [6.45, 7) is -0.0911. The Morgan fingerprint density at radius 3 is 2.86 bits per heavy atom. The molecule has 0 saturated heterocycles. The molecule has 5 rings (SSSR count). The van der Waals surface area contributed by atoms with Crippen LogP contribution in [0.4, 0.5) is 10.2 Å². The van der Waals surface area contributed by atoms with Crippen LogP contribution in [0.5, 0.6) is 0 Å². The number of fused-ring (bicyclic) bond motifs is 2. The van der Waals surface area contributed by atoms with Crippen LogP contribution >= 0.6 is 0 Å². The minimum atomic E-state index is -0.484. The third-order valence-electron chi connectivity index (χ3n) is 4.74. The number of amides is 1. The second-order valence-electron chi connectivity index (χ2n) is 6.79. The van der Waals surface area contributed by atoms with Gasteiger partial charge in [-0.2, -0.15) is 9.61 Å². The van der Waals surface area contributed by atoms with Gasteiger partial charge in [-0.15, -0.1) is 0 Å². The summed E-state index contributed by atoms with van der Waals surface area (Å²) in [5.74, 6) is -0.248. The van der Waals surface area contributed by atoms with Crippen molar-refractivity contribution < 1.29 is 9.18 Å². The second kappa shape index (κ2) is 6.22. The summed E-state index contributed by atoms with van der Waals surface area (Å²) in [7, 11) is 0. The zero-order valence-electron chi connectivity index (χ0n) is 14.7. The van der Waals surface area contributed by atoms with E-state index in [2.05, 4.69) is 20.4 Å². The molecule has 0 spiro atoms. The van der Waals surface area contributed by atoms with Crippen LogP contribution in [0.25, 0.3) is 16.7 Å². The number of hydrogen-bond donors (Lipinski definition) is 1. The van der Waals surface area contributed by atoms with E-state index in [4.69, 9.17) is 0 Å². The molecule has 0 atom stereocenters. The molecule has 1 saturated carbocycles. The van der Waals surface area contributed by atoms with Crippen LogP contribution in [0.3, 0.4) is 0 Å². The summed E-state index contributed by atoms with van der Waals surface area (Å²) < 4.78 is 16.0. The highest BCUT2D eigenvalue weighted by Gasteiger charge is 2.28. The molecule has 0 unspecified atom stereocenters. The summed E-state index contributed by atoms with van der Waals surface area (Å²) in [4.78, 5) is 33.5. The van der Waals surface area contributed by atoms with E-state index in [0.29, 0.717) is 22.6 Å². The fraction of sp³-hybridized carbons (Fsp3) is 0.211. The Kier molecular flexibility index (Phi) is 3.68. The van der Waals surface area contributed by atoms with Gasteiger partial charge in [-0.3, -0.25) is 9.59 Å². The maximum Gasteiger partial charge on any atom is 0.283 e. The molecule has 1 amide bonds. The van der Waals surface area contributed by atoms with Crippen LogP contribution in [0.2, 0.25) is 0 Å². The van der Waals surface area contributed by atoms with Gasteiger partial charge in [-0.05, 0) is 37.1 Å². The molecule has 8 nitrogen and oxygen atoms in total. The number of aromatic nitrogens is 5. The molecule has 1 aliphatic carbocycles. The quantitative estimate of drug-likeness (QED) is 0.587. The minimum Gasteiger partial charge on any atom is -0.309 e. The number of nitrogens with zero attached hydrogens (tertiary/aromatic N) is 5. The Morgan fingerprint density at radius 2 is 2.11 bits per heavy atom. The Bertz CT molecular complexity index is 1270. The average molecular weight is 378 g/mol. The molecule has 0 aliphatic heterocycles. The predicted octanol–water partition coefficient (Wildman–Crippen LogP) is 2.09. The van der Waals surface area contributed by atoms with Crippen molar-refractivity contribution in [1.82, 2.24) is 24.1 Å². The number of pyridine rings is 2. The van der Waals surface area contributed by atoms with Crippen molar-refractivity contribution in [3.8, 4) is 0 Å². The summed E-state index contributed by atoms with van der Waals surface area (Å²) in [5, 5.41) is 7.47. The van der Waals surface area contributed by atoms with E-state index >= 15 is 0 Å². The van der Waals surface area contributed by atoms with E-state index in [1.165, 1.54) is 16.6 Å². The molecule has 0 aromatic carbocycles. The van der Waals surface area contributed by atoms with Crippen molar-refractivity contribution in [3.63, 3.8) is 0 Å². The summed E-state index contributed by atoms with van der Waals surface area (Å²) in [6.07, 6.45) is 4.70. The highest BCUT2D eigenvalue weighted by atomic mass is 19.1. The van der Waals surface area contributed by atoms with E-state index in [-0.39, 0.29) is 23.8 Å². The van der Waals surface area contributed by atoms with Crippen LogP contribution in [0.1, 0.15) is 24.5 Å². The SMILES string of the molecule is O=C(Cn1c2ncccc2c(=O)n2nc(C3CC3)cc12)Nc1ccc(F)cn1. The first-order valence-electron chi connectivity index (χ1n) is 8.89. The molecule has 4 heterocycles. The van der Waals surface area contributed by atoms with E-state index in [1.807, 2.05) is 6.07 Å². The lowest BCUT2D eigenvalue weighted by Crippen LogP contribution is -2.25. The van der Waals surface area contributed by atoms with E-state index in [9.17, 15) is 14.0 Å². The van der Waals surface area contributed by atoms with Crippen molar-refractivity contribution in [2.24, 2.45) is 0 Å². The van der Waals surface area contributed by atoms with Crippen LogP contribution in [-0.4, -0.2) is 30.1 Å². The van der Waals surface area contributed by atoms with Gasteiger partial charge in [-0.25, -0.2) is 14.4 Å². The normalized spacial score (nSPS) is 13.9. The van der Waals surface area contributed by atoms with Gasteiger partial charge in [0.1, 0.15) is 29.5 Å².